The number of fused-ring (bicyclic) bond motifs is 1. The first-order chi connectivity index (χ1) is 5.79. The Morgan fingerprint density at radius 1 is 0.917 bits per heavy atom. The molecule has 0 aliphatic carbocycles. The van der Waals surface area contributed by atoms with Gasteiger partial charge in [0.1, 0.15) is 0 Å². The molecule has 0 saturated heterocycles. The monoisotopic (exact) mass is 288 g/mol. The van der Waals surface area contributed by atoms with Crippen LogP contribution >= 0.6 is 31.9 Å². The maximum Gasteiger partial charge on any atom is 0.0864 e. The van der Waals surface area contributed by atoms with E-state index < -0.39 is 0 Å². The molecule has 12 heavy (non-hydrogen) atoms. The van der Waals surface area contributed by atoms with Crippen molar-refractivity contribution in [2.45, 2.75) is 13.1 Å². The quantitative estimate of drug-likeness (QED) is 0.696. The first kappa shape index (κ1) is 8.38. The molecular weight excluding hydrogens is 284 g/mol. The summed E-state index contributed by atoms with van der Waals surface area (Å²) < 4.78 is 2.25. The van der Waals surface area contributed by atoms with E-state index in [4.69, 9.17) is 0 Å². The standard InChI is InChI=1S/C8H6Br2N2/c9-7-1-2-8(10)6-4-12-11-3-5(6)7/h1-2H,3-4H2. The number of halogens is 2. The summed E-state index contributed by atoms with van der Waals surface area (Å²) in [7, 11) is 0. The molecular formula is C8H6Br2N2. The van der Waals surface area contributed by atoms with Crippen LogP contribution in [0.4, 0.5) is 0 Å². The second-order valence-corrected chi connectivity index (χ2v) is 4.29. The lowest BCUT2D eigenvalue weighted by Gasteiger charge is -2.12. The van der Waals surface area contributed by atoms with Crippen LogP contribution < -0.4 is 0 Å². The number of nitrogens with zero attached hydrogens (tertiary/aromatic N) is 2. The van der Waals surface area contributed by atoms with Gasteiger partial charge in [-0.3, -0.25) is 0 Å². The molecule has 0 atom stereocenters. The summed E-state index contributed by atoms with van der Waals surface area (Å²) in [5, 5.41) is 7.99. The van der Waals surface area contributed by atoms with Crippen LogP contribution in [0.15, 0.2) is 31.3 Å². The van der Waals surface area contributed by atoms with E-state index in [9.17, 15) is 0 Å². The summed E-state index contributed by atoms with van der Waals surface area (Å²) in [6, 6.07) is 4.06. The van der Waals surface area contributed by atoms with Crippen molar-refractivity contribution < 1.29 is 0 Å². The summed E-state index contributed by atoms with van der Waals surface area (Å²) in [5.41, 5.74) is 2.50. The summed E-state index contributed by atoms with van der Waals surface area (Å²) in [4.78, 5) is 0. The van der Waals surface area contributed by atoms with Crippen LogP contribution in [0.5, 0.6) is 0 Å². The number of azo groups is 1. The molecule has 1 aliphatic rings. The SMILES string of the molecule is Brc1ccc(Br)c2c1CN=NC2. The number of hydrogen-bond acceptors (Lipinski definition) is 2. The molecule has 0 radical (unpaired) electrons. The second kappa shape index (κ2) is 3.26. The maximum absolute atomic E-state index is 3.99. The third-order valence-electron chi connectivity index (χ3n) is 1.87. The highest BCUT2D eigenvalue weighted by Crippen LogP contribution is 2.31. The molecule has 4 heteroatoms. The molecule has 2 rings (SSSR count). The van der Waals surface area contributed by atoms with Crippen molar-refractivity contribution in [3.05, 3.63) is 32.2 Å². The fourth-order valence-corrected chi connectivity index (χ4v) is 2.21. The van der Waals surface area contributed by atoms with Crippen LogP contribution in [-0.2, 0) is 13.1 Å². The number of benzene rings is 1. The normalized spacial score (nSPS) is 14.5. The van der Waals surface area contributed by atoms with Crippen LogP contribution in [0, 0.1) is 0 Å². The van der Waals surface area contributed by atoms with Gasteiger partial charge in [-0.15, -0.1) is 0 Å². The fourth-order valence-electron chi connectivity index (χ4n) is 1.22. The van der Waals surface area contributed by atoms with Crippen LogP contribution in [-0.4, -0.2) is 0 Å². The molecule has 0 unspecified atom stereocenters. The van der Waals surface area contributed by atoms with Gasteiger partial charge in [0.05, 0.1) is 13.1 Å². The lowest BCUT2D eigenvalue weighted by Crippen LogP contribution is -1.98. The van der Waals surface area contributed by atoms with Gasteiger partial charge in [0.2, 0.25) is 0 Å². The number of rotatable bonds is 0. The van der Waals surface area contributed by atoms with Gasteiger partial charge in [-0.1, -0.05) is 31.9 Å². The van der Waals surface area contributed by atoms with E-state index in [0.717, 1.165) is 8.95 Å². The van der Waals surface area contributed by atoms with Gasteiger partial charge >= 0.3 is 0 Å². The second-order valence-electron chi connectivity index (χ2n) is 2.59. The van der Waals surface area contributed by atoms with Crippen LogP contribution in [0.1, 0.15) is 11.1 Å². The van der Waals surface area contributed by atoms with Crippen LogP contribution in [0.25, 0.3) is 0 Å². The highest BCUT2D eigenvalue weighted by Gasteiger charge is 2.12. The van der Waals surface area contributed by atoms with Crippen LogP contribution in [0.3, 0.4) is 0 Å². The Labute approximate surface area is 87.3 Å². The van der Waals surface area contributed by atoms with E-state index >= 15 is 0 Å². The van der Waals surface area contributed by atoms with Gasteiger partial charge in [0.15, 0.2) is 0 Å². The predicted octanol–water partition coefficient (Wildman–Crippen LogP) is 3.68. The fraction of sp³-hybridized carbons (Fsp3) is 0.250. The maximum atomic E-state index is 3.99. The van der Waals surface area contributed by atoms with Gasteiger partial charge in [-0.2, -0.15) is 10.2 Å². The molecule has 0 fully saturated rings. The zero-order chi connectivity index (χ0) is 8.55. The Bertz CT molecular complexity index is 314. The molecule has 0 bridgehead atoms. The minimum absolute atomic E-state index is 0.690. The van der Waals surface area contributed by atoms with Crippen molar-refractivity contribution >= 4 is 31.9 Å². The average Bonchev–Trinajstić information content (AvgIpc) is 2.12. The van der Waals surface area contributed by atoms with E-state index in [0.29, 0.717) is 13.1 Å². The Kier molecular flexibility index (Phi) is 2.28. The highest BCUT2D eigenvalue weighted by molar-refractivity contribution is 9.11. The van der Waals surface area contributed by atoms with Crippen molar-refractivity contribution in [1.29, 1.82) is 0 Å². The first-order valence-corrected chi connectivity index (χ1v) is 5.16. The summed E-state index contributed by atoms with van der Waals surface area (Å²) >= 11 is 6.99. The molecule has 1 aromatic rings. The largest absolute Gasteiger partial charge is 0.189 e. The molecule has 1 aliphatic heterocycles. The van der Waals surface area contributed by atoms with Gasteiger partial charge in [0, 0.05) is 8.95 Å². The Morgan fingerprint density at radius 2 is 1.33 bits per heavy atom. The third-order valence-corrected chi connectivity index (χ3v) is 3.36. The minimum Gasteiger partial charge on any atom is -0.189 e. The molecule has 0 N–H and O–H groups in total. The summed E-state index contributed by atoms with van der Waals surface area (Å²) in [6.45, 7) is 1.38. The summed E-state index contributed by atoms with van der Waals surface area (Å²) in [6.07, 6.45) is 0. The Hall–Kier alpha value is -0.220. The molecule has 0 amide bonds. The molecule has 2 nitrogen and oxygen atoms in total. The molecule has 62 valence electrons. The predicted molar refractivity (Wildman–Crippen MR) is 54.1 cm³/mol. The van der Waals surface area contributed by atoms with E-state index in [-0.39, 0.29) is 0 Å². The van der Waals surface area contributed by atoms with E-state index in [2.05, 4.69) is 42.1 Å². The smallest absolute Gasteiger partial charge is 0.0864 e. The molecule has 0 spiro atoms. The Balaban J connectivity index is 2.61. The van der Waals surface area contributed by atoms with Gasteiger partial charge in [0.25, 0.3) is 0 Å². The molecule has 0 saturated carbocycles. The first-order valence-electron chi connectivity index (χ1n) is 3.58. The molecule has 1 heterocycles. The number of hydrogen-bond donors (Lipinski definition) is 0. The van der Waals surface area contributed by atoms with Crippen molar-refractivity contribution in [2.24, 2.45) is 10.2 Å². The van der Waals surface area contributed by atoms with E-state index in [1.807, 2.05) is 12.1 Å². The van der Waals surface area contributed by atoms with E-state index in [1.54, 1.807) is 0 Å². The van der Waals surface area contributed by atoms with Crippen molar-refractivity contribution in [3.63, 3.8) is 0 Å². The van der Waals surface area contributed by atoms with Crippen molar-refractivity contribution in [3.8, 4) is 0 Å². The topological polar surface area (TPSA) is 24.7 Å². The minimum atomic E-state index is 0.690. The molecule has 0 aromatic heterocycles. The highest BCUT2D eigenvalue weighted by atomic mass is 79.9. The van der Waals surface area contributed by atoms with E-state index in [1.165, 1.54) is 11.1 Å². The zero-order valence-electron chi connectivity index (χ0n) is 6.22. The van der Waals surface area contributed by atoms with Crippen LogP contribution in [0.2, 0.25) is 0 Å². The van der Waals surface area contributed by atoms with Gasteiger partial charge < -0.3 is 0 Å². The lowest BCUT2D eigenvalue weighted by atomic mass is 10.1. The zero-order valence-corrected chi connectivity index (χ0v) is 9.39. The van der Waals surface area contributed by atoms with Crippen molar-refractivity contribution in [2.75, 3.05) is 0 Å². The van der Waals surface area contributed by atoms with Gasteiger partial charge in [-0.25, -0.2) is 0 Å². The average molecular weight is 290 g/mol. The summed E-state index contributed by atoms with van der Waals surface area (Å²) in [5.74, 6) is 0. The third kappa shape index (κ3) is 1.33. The lowest BCUT2D eigenvalue weighted by molar-refractivity contribution is 0.783. The Morgan fingerprint density at radius 3 is 1.75 bits per heavy atom. The van der Waals surface area contributed by atoms with Crippen molar-refractivity contribution in [1.82, 2.24) is 0 Å². The van der Waals surface area contributed by atoms with Gasteiger partial charge in [-0.05, 0) is 23.3 Å². The molecule has 1 aromatic carbocycles.